The molecule has 1 N–H and O–H groups in total. The third kappa shape index (κ3) is 5.36. The maximum absolute atomic E-state index is 12.5. The summed E-state index contributed by atoms with van der Waals surface area (Å²) in [5.41, 5.74) is 2.94. The Balaban J connectivity index is 1.74. The van der Waals surface area contributed by atoms with Crippen molar-refractivity contribution < 1.29 is 4.79 Å². The zero-order valence-electron chi connectivity index (χ0n) is 14.2. The Labute approximate surface area is 176 Å². The van der Waals surface area contributed by atoms with Gasteiger partial charge in [0.15, 0.2) is 10.9 Å². The summed E-state index contributed by atoms with van der Waals surface area (Å²) in [4.78, 5) is 21.0. The highest BCUT2D eigenvalue weighted by Crippen LogP contribution is 2.26. The van der Waals surface area contributed by atoms with Gasteiger partial charge in [0.1, 0.15) is 0 Å². The summed E-state index contributed by atoms with van der Waals surface area (Å²) in [6.45, 7) is 2.04. The maximum atomic E-state index is 12.5. The number of amides is 1. The molecular formula is C19H14Cl3N3OS. The van der Waals surface area contributed by atoms with Crippen LogP contribution < -0.4 is 5.32 Å². The van der Waals surface area contributed by atoms with Crippen molar-refractivity contribution in [2.75, 3.05) is 5.32 Å². The van der Waals surface area contributed by atoms with Crippen LogP contribution in [0.25, 0.3) is 0 Å². The Morgan fingerprint density at radius 1 is 1.07 bits per heavy atom. The van der Waals surface area contributed by atoms with Crippen molar-refractivity contribution >= 4 is 58.2 Å². The summed E-state index contributed by atoms with van der Waals surface area (Å²) >= 11 is 19.4. The third-order valence-electron chi connectivity index (χ3n) is 3.56. The van der Waals surface area contributed by atoms with Crippen LogP contribution in [0.5, 0.6) is 0 Å². The molecule has 0 saturated heterocycles. The molecule has 27 heavy (non-hydrogen) atoms. The smallest absolute Gasteiger partial charge is 0.275 e. The molecule has 0 fully saturated rings. The minimum Gasteiger partial charge on any atom is -0.321 e. The van der Waals surface area contributed by atoms with Gasteiger partial charge in [-0.05, 0) is 30.7 Å². The molecule has 1 heterocycles. The van der Waals surface area contributed by atoms with Crippen LogP contribution in [0.1, 0.15) is 21.6 Å². The number of hydrogen-bond donors (Lipinski definition) is 1. The lowest BCUT2D eigenvalue weighted by Crippen LogP contribution is -2.15. The highest BCUT2D eigenvalue weighted by atomic mass is 35.5. The number of rotatable bonds is 5. The molecule has 3 rings (SSSR count). The van der Waals surface area contributed by atoms with Gasteiger partial charge in [-0.3, -0.25) is 4.79 Å². The number of aromatic nitrogens is 2. The summed E-state index contributed by atoms with van der Waals surface area (Å²) < 4.78 is 0. The Kier molecular flexibility index (Phi) is 6.60. The second-order valence-corrected chi connectivity index (χ2v) is 7.87. The van der Waals surface area contributed by atoms with E-state index in [0.717, 1.165) is 5.56 Å². The van der Waals surface area contributed by atoms with E-state index in [1.807, 2.05) is 25.1 Å². The van der Waals surface area contributed by atoms with E-state index in [1.165, 1.54) is 23.5 Å². The van der Waals surface area contributed by atoms with Crippen LogP contribution in [0.3, 0.4) is 0 Å². The van der Waals surface area contributed by atoms with Crippen LogP contribution in [-0.4, -0.2) is 15.9 Å². The van der Waals surface area contributed by atoms with Gasteiger partial charge in [0.2, 0.25) is 0 Å². The fraction of sp³-hybridized carbons (Fsp3) is 0.105. The molecule has 4 nitrogen and oxygen atoms in total. The van der Waals surface area contributed by atoms with Gasteiger partial charge in [0, 0.05) is 11.4 Å². The van der Waals surface area contributed by atoms with E-state index in [9.17, 15) is 4.79 Å². The topological polar surface area (TPSA) is 54.9 Å². The van der Waals surface area contributed by atoms with Gasteiger partial charge in [0.25, 0.3) is 5.91 Å². The molecular weight excluding hydrogens is 425 g/mol. The van der Waals surface area contributed by atoms with Crippen LogP contribution in [0.4, 0.5) is 5.69 Å². The molecule has 8 heteroatoms. The summed E-state index contributed by atoms with van der Waals surface area (Å²) in [5, 5.41) is 4.11. The van der Waals surface area contributed by atoms with Gasteiger partial charge in [-0.15, -0.1) is 0 Å². The Morgan fingerprint density at radius 3 is 2.63 bits per heavy atom. The summed E-state index contributed by atoms with van der Waals surface area (Å²) in [5.74, 6) is 0.246. The minimum absolute atomic E-state index is 0.101. The Morgan fingerprint density at radius 2 is 1.89 bits per heavy atom. The summed E-state index contributed by atoms with van der Waals surface area (Å²) in [6.07, 6.45) is 1.43. The number of halogens is 3. The zero-order chi connectivity index (χ0) is 19.4. The monoisotopic (exact) mass is 437 g/mol. The molecule has 0 radical (unpaired) electrons. The van der Waals surface area contributed by atoms with E-state index in [0.29, 0.717) is 26.6 Å². The van der Waals surface area contributed by atoms with E-state index in [2.05, 4.69) is 21.4 Å². The highest BCUT2D eigenvalue weighted by molar-refractivity contribution is 7.98. The molecule has 3 aromatic rings. The van der Waals surface area contributed by atoms with E-state index < -0.39 is 5.91 Å². The van der Waals surface area contributed by atoms with Gasteiger partial charge < -0.3 is 5.32 Å². The SMILES string of the molecule is Cc1cccc(CSc2ncc(Cl)c(C(=O)Nc3ccc(Cl)c(Cl)c3)n2)c1. The number of nitrogens with zero attached hydrogens (tertiary/aromatic N) is 2. The predicted molar refractivity (Wildman–Crippen MR) is 112 cm³/mol. The minimum atomic E-state index is -0.446. The van der Waals surface area contributed by atoms with Crippen molar-refractivity contribution in [2.45, 2.75) is 17.8 Å². The number of hydrogen-bond acceptors (Lipinski definition) is 4. The van der Waals surface area contributed by atoms with Gasteiger partial charge >= 0.3 is 0 Å². The molecule has 0 aliphatic rings. The van der Waals surface area contributed by atoms with E-state index in [1.54, 1.807) is 18.2 Å². The number of anilines is 1. The standard InChI is InChI=1S/C19H14Cl3N3OS/c1-11-3-2-4-12(7-11)10-27-19-23-9-16(22)17(25-19)18(26)24-13-5-6-14(20)15(21)8-13/h2-9H,10H2,1H3,(H,24,26). The van der Waals surface area contributed by atoms with Crippen LogP contribution in [0.2, 0.25) is 15.1 Å². The van der Waals surface area contributed by atoms with Crippen molar-refractivity contribution in [1.29, 1.82) is 0 Å². The number of nitrogens with one attached hydrogen (secondary N) is 1. The number of aryl methyl sites for hydroxylation is 1. The second kappa shape index (κ2) is 8.93. The number of carbonyl (C=O) groups is 1. The summed E-state index contributed by atoms with van der Waals surface area (Å²) in [7, 11) is 0. The molecule has 0 saturated carbocycles. The first kappa shape index (κ1) is 20.0. The van der Waals surface area contributed by atoms with Crippen LogP contribution >= 0.6 is 46.6 Å². The average molecular weight is 439 g/mol. The van der Waals surface area contributed by atoms with Crippen LogP contribution in [0, 0.1) is 6.92 Å². The fourth-order valence-corrected chi connectivity index (χ4v) is 3.53. The quantitative estimate of drug-likeness (QED) is 0.376. The lowest BCUT2D eigenvalue weighted by Gasteiger charge is -2.08. The molecule has 0 unspecified atom stereocenters. The molecule has 1 amide bonds. The fourth-order valence-electron chi connectivity index (χ4n) is 2.29. The normalized spacial score (nSPS) is 10.7. The zero-order valence-corrected chi connectivity index (χ0v) is 17.3. The largest absolute Gasteiger partial charge is 0.321 e. The molecule has 0 aliphatic heterocycles. The molecule has 0 spiro atoms. The van der Waals surface area contributed by atoms with Gasteiger partial charge in [0.05, 0.1) is 21.3 Å². The van der Waals surface area contributed by atoms with Crippen molar-refractivity contribution in [1.82, 2.24) is 9.97 Å². The highest BCUT2D eigenvalue weighted by Gasteiger charge is 2.15. The van der Waals surface area contributed by atoms with Crippen molar-refractivity contribution in [3.63, 3.8) is 0 Å². The van der Waals surface area contributed by atoms with Crippen LogP contribution in [0.15, 0.2) is 53.8 Å². The van der Waals surface area contributed by atoms with Gasteiger partial charge in [-0.25, -0.2) is 9.97 Å². The van der Waals surface area contributed by atoms with Crippen molar-refractivity contribution in [3.8, 4) is 0 Å². The van der Waals surface area contributed by atoms with E-state index in [-0.39, 0.29) is 10.7 Å². The van der Waals surface area contributed by atoms with E-state index in [4.69, 9.17) is 34.8 Å². The molecule has 2 aromatic carbocycles. The Bertz CT molecular complexity index is 998. The number of carbonyl (C=O) groups excluding carboxylic acids is 1. The number of thioether (sulfide) groups is 1. The molecule has 0 aliphatic carbocycles. The first-order chi connectivity index (χ1) is 12.9. The average Bonchev–Trinajstić information content (AvgIpc) is 2.64. The van der Waals surface area contributed by atoms with E-state index >= 15 is 0 Å². The predicted octanol–water partition coefficient (Wildman–Crippen LogP) is 6.29. The molecule has 0 atom stereocenters. The molecule has 1 aromatic heterocycles. The lowest BCUT2D eigenvalue weighted by molar-refractivity contribution is 0.102. The first-order valence-electron chi connectivity index (χ1n) is 7.89. The third-order valence-corrected chi connectivity index (χ3v) is 5.51. The summed E-state index contributed by atoms with van der Waals surface area (Å²) in [6, 6.07) is 13.0. The van der Waals surface area contributed by atoms with Crippen molar-refractivity contribution in [2.24, 2.45) is 0 Å². The number of benzene rings is 2. The Hall–Kier alpha value is -1.79. The second-order valence-electron chi connectivity index (χ2n) is 5.71. The first-order valence-corrected chi connectivity index (χ1v) is 10.0. The maximum Gasteiger partial charge on any atom is 0.275 e. The molecule has 138 valence electrons. The molecule has 0 bridgehead atoms. The van der Waals surface area contributed by atoms with Gasteiger partial charge in [-0.2, -0.15) is 0 Å². The van der Waals surface area contributed by atoms with Gasteiger partial charge in [-0.1, -0.05) is 76.4 Å². The van der Waals surface area contributed by atoms with Crippen LogP contribution in [-0.2, 0) is 5.75 Å². The van der Waals surface area contributed by atoms with Crippen molar-refractivity contribution in [3.05, 3.63) is 80.6 Å². The lowest BCUT2D eigenvalue weighted by atomic mass is 10.2.